The Bertz CT molecular complexity index is 1150. The molecule has 156 valence electrons. The zero-order valence-corrected chi connectivity index (χ0v) is 17.7. The van der Waals surface area contributed by atoms with E-state index in [1.54, 1.807) is 11.8 Å². The maximum absolute atomic E-state index is 13.3. The minimum atomic E-state index is -0.730. The zero-order chi connectivity index (χ0) is 21.8. The van der Waals surface area contributed by atoms with E-state index in [1.807, 2.05) is 98.8 Å². The molecule has 31 heavy (non-hydrogen) atoms. The van der Waals surface area contributed by atoms with E-state index in [9.17, 15) is 4.79 Å². The van der Waals surface area contributed by atoms with Crippen LogP contribution in [-0.2, 0) is 5.54 Å². The lowest BCUT2D eigenvalue weighted by Crippen LogP contribution is -2.44. The van der Waals surface area contributed by atoms with E-state index in [-0.39, 0.29) is 11.6 Å². The van der Waals surface area contributed by atoms with Crippen molar-refractivity contribution in [2.45, 2.75) is 19.4 Å². The first-order valence-electron chi connectivity index (χ1n) is 10.0. The van der Waals surface area contributed by atoms with E-state index in [0.29, 0.717) is 11.4 Å². The second-order valence-corrected chi connectivity index (χ2v) is 7.45. The fourth-order valence-electron chi connectivity index (χ4n) is 3.67. The maximum atomic E-state index is 13.3. The minimum Gasteiger partial charge on any atom is -0.497 e. The lowest BCUT2D eigenvalue weighted by atomic mass is 9.84. The van der Waals surface area contributed by atoms with Crippen molar-refractivity contribution >= 4 is 5.91 Å². The van der Waals surface area contributed by atoms with Gasteiger partial charge in [-0.15, -0.1) is 5.10 Å². The molecule has 0 unspecified atom stereocenters. The molecule has 1 heterocycles. The molecule has 0 aliphatic heterocycles. The third kappa shape index (κ3) is 3.92. The summed E-state index contributed by atoms with van der Waals surface area (Å²) in [6, 6.07) is 27.3. The first-order chi connectivity index (χ1) is 15.0. The van der Waals surface area contributed by atoms with Gasteiger partial charge in [-0.05, 0) is 37.1 Å². The Morgan fingerprint density at radius 3 is 2.13 bits per heavy atom. The summed E-state index contributed by atoms with van der Waals surface area (Å²) in [4.78, 5) is 13.3. The van der Waals surface area contributed by atoms with Gasteiger partial charge < -0.3 is 10.1 Å². The molecule has 0 saturated carbocycles. The fourth-order valence-corrected chi connectivity index (χ4v) is 3.67. The molecule has 4 aromatic rings. The van der Waals surface area contributed by atoms with Gasteiger partial charge in [0.1, 0.15) is 5.75 Å². The molecule has 0 aliphatic rings. The van der Waals surface area contributed by atoms with Gasteiger partial charge in [0.15, 0.2) is 5.69 Å². The van der Waals surface area contributed by atoms with Crippen LogP contribution in [0.15, 0.2) is 84.9 Å². The van der Waals surface area contributed by atoms with Crippen LogP contribution in [0, 0.1) is 6.92 Å². The van der Waals surface area contributed by atoms with Crippen LogP contribution >= 0.6 is 0 Å². The summed E-state index contributed by atoms with van der Waals surface area (Å²) in [7, 11) is 1.61. The van der Waals surface area contributed by atoms with Crippen molar-refractivity contribution in [3.63, 3.8) is 0 Å². The Balaban J connectivity index is 1.70. The van der Waals surface area contributed by atoms with E-state index >= 15 is 0 Å². The number of rotatable bonds is 6. The lowest BCUT2D eigenvalue weighted by Gasteiger charge is -2.32. The summed E-state index contributed by atoms with van der Waals surface area (Å²) in [6.07, 6.45) is 0. The third-order valence-corrected chi connectivity index (χ3v) is 5.47. The van der Waals surface area contributed by atoms with Crippen molar-refractivity contribution < 1.29 is 9.53 Å². The zero-order valence-electron chi connectivity index (χ0n) is 17.7. The molecular weight excluding hydrogens is 388 g/mol. The molecule has 6 nitrogen and oxygen atoms in total. The van der Waals surface area contributed by atoms with Crippen LogP contribution in [-0.4, -0.2) is 28.0 Å². The molecule has 0 saturated heterocycles. The van der Waals surface area contributed by atoms with E-state index in [4.69, 9.17) is 4.74 Å². The SMILES string of the molecule is COc1cccc(-n2nnc(C(=O)NC(C)(c3ccccc3)c3ccccc3)c2C)c1. The molecule has 1 amide bonds. The standard InChI is InChI=1S/C25H24N4O2/c1-18-23(27-28-29(18)21-15-10-16-22(17-21)31-3)24(30)26-25(2,19-11-6-4-7-12-19)20-13-8-5-9-14-20/h4-17H,1-3H3,(H,26,30). The third-order valence-electron chi connectivity index (χ3n) is 5.47. The molecule has 1 N–H and O–H groups in total. The van der Waals surface area contributed by atoms with E-state index < -0.39 is 5.54 Å². The van der Waals surface area contributed by atoms with Gasteiger partial charge in [0.05, 0.1) is 24.0 Å². The van der Waals surface area contributed by atoms with Crippen LogP contribution in [0.5, 0.6) is 5.75 Å². The number of hydrogen-bond acceptors (Lipinski definition) is 4. The molecule has 0 spiro atoms. The van der Waals surface area contributed by atoms with Gasteiger partial charge in [-0.1, -0.05) is 71.9 Å². The Morgan fingerprint density at radius 1 is 0.935 bits per heavy atom. The molecule has 6 heteroatoms. The van der Waals surface area contributed by atoms with Gasteiger partial charge in [-0.25, -0.2) is 4.68 Å². The topological polar surface area (TPSA) is 69.0 Å². The van der Waals surface area contributed by atoms with Crippen molar-refractivity contribution in [1.82, 2.24) is 20.3 Å². The Morgan fingerprint density at radius 2 is 1.55 bits per heavy atom. The summed E-state index contributed by atoms with van der Waals surface area (Å²) in [5.41, 5.74) is 2.93. The average Bonchev–Trinajstić information content (AvgIpc) is 3.21. The van der Waals surface area contributed by atoms with E-state index in [2.05, 4.69) is 15.6 Å². The summed E-state index contributed by atoms with van der Waals surface area (Å²) in [6.45, 7) is 3.83. The molecule has 4 rings (SSSR count). The number of nitrogens with zero attached hydrogens (tertiary/aromatic N) is 3. The number of nitrogens with one attached hydrogen (secondary N) is 1. The fraction of sp³-hybridized carbons (Fsp3) is 0.160. The number of benzene rings is 3. The highest BCUT2D eigenvalue weighted by Crippen LogP contribution is 2.29. The smallest absolute Gasteiger partial charge is 0.274 e. The van der Waals surface area contributed by atoms with Gasteiger partial charge in [0.25, 0.3) is 5.91 Å². The number of amides is 1. The van der Waals surface area contributed by atoms with E-state index in [1.165, 1.54) is 0 Å². The first-order valence-corrected chi connectivity index (χ1v) is 10.0. The molecule has 1 aromatic heterocycles. The summed E-state index contributed by atoms with van der Waals surface area (Å²) in [5, 5.41) is 11.6. The first kappa shape index (κ1) is 20.3. The highest BCUT2D eigenvalue weighted by molar-refractivity contribution is 5.94. The largest absolute Gasteiger partial charge is 0.497 e. The number of carbonyl (C=O) groups excluding carboxylic acids is 1. The monoisotopic (exact) mass is 412 g/mol. The molecule has 0 bridgehead atoms. The number of aromatic nitrogens is 3. The molecule has 0 fully saturated rings. The molecule has 0 aliphatic carbocycles. The Hall–Kier alpha value is -3.93. The van der Waals surface area contributed by atoms with Crippen LogP contribution in [0.2, 0.25) is 0 Å². The van der Waals surface area contributed by atoms with Gasteiger partial charge in [-0.2, -0.15) is 0 Å². The Kier molecular flexibility index (Phi) is 5.54. The second-order valence-electron chi connectivity index (χ2n) is 7.45. The van der Waals surface area contributed by atoms with Crippen LogP contribution in [0.25, 0.3) is 5.69 Å². The number of methoxy groups -OCH3 is 1. The summed E-state index contributed by atoms with van der Waals surface area (Å²) < 4.78 is 6.93. The van der Waals surface area contributed by atoms with Gasteiger partial charge in [0, 0.05) is 6.07 Å². The van der Waals surface area contributed by atoms with Crippen LogP contribution in [0.4, 0.5) is 0 Å². The number of ether oxygens (including phenoxy) is 1. The van der Waals surface area contributed by atoms with E-state index in [0.717, 1.165) is 16.8 Å². The molecule has 0 atom stereocenters. The highest BCUT2D eigenvalue weighted by atomic mass is 16.5. The normalized spacial score (nSPS) is 11.2. The predicted octanol–water partition coefficient (Wildman–Crippen LogP) is 4.28. The van der Waals surface area contributed by atoms with Gasteiger partial charge in [-0.3, -0.25) is 4.79 Å². The quantitative estimate of drug-likeness (QED) is 0.513. The highest BCUT2D eigenvalue weighted by Gasteiger charge is 2.32. The number of hydrogen-bond donors (Lipinski definition) is 1. The van der Waals surface area contributed by atoms with Crippen molar-refractivity contribution in [2.75, 3.05) is 7.11 Å². The van der Waals surface area contributed by atoms with Crippen molar-refractivity contribution in [1.29, 1.82) is 0 Å². The summed E-state index contributed by atoms with van der Waals surface area (Å²) >= 11 is 0. The average molecular weight is 412 g/mol. The van der Waals surface area contributed by atoms with Crippen LogP contribution < -0.4 is 10.1 Å². The van der Waals surface area contributed by atoms with Crippen LogP contribution in [0.3, 0.4) is 0 Å². The molecule has 0 radical (unpaired) electrons. The van der Waals surface area contributed by atoms with Crippen LogP contribution in [0.1, 0.15) is 34.2 Å². The van der Waals surface area contributed by atoms with Crippen molar-refractivity contribution in [2.24, 2.45) is 0 Å². The second kappa shape index (κ2) is 8.44. The predicted molar refractivity (Wildman–Crippen MR) is 119 cm³/mol. The molecular formula is C25H24N4O2. The van der Waals surface area contributed by atoms with Gasteiger partial charge in [0.2, 0.25) is 0 Å². The minimum absolute atomic E-state index is 0.279. The number of carbonyl (C=O) groups is 1. The maximum Gasteiger partial charge on any atom is 0.274 e. The summed E-state index contributed by atoms with van der Waals surface area (Å²) in [5.74, 6) is 0.418. The van der Waals surface area contributed by atoms with Crippen molar-refractivity contribution in [3.05, 3.63) is 107 Å². The lowest BCUT2D eigenvalue weighted by molar-refractivity contribution is 0.0913. The van der Waals surface area contributed by atoms with Crippen molar-refractivity contribution in [3.8, 4) is 11.4 Å². The van der Waals surface area contributed by atoms with Gasteiger partial charge >= 0.3 is 0 Å². The Labute approximate surface area is 181 Å². The molecule has 3 aromatic carbocycles.